The maximum absolute atomic E-state index is 13.0. The highest BCUT2D eigenvalue weighted by Gasteiger charge is 2.18. The van der Waals surface area contributed by atoms with Gasteiger partial charge in [-0.25, -0.2) is 4.39 Å². The van der Waals surface area contributed by atoms with Gasteiger partial charge in [0.15, 0.2) is 0 Å². The molecule has 0 amide bonds. The van der Waals surface area contributed by atoms with Crippen molar-refractivity contribution in [2.75, 3.05) is 6.61 Å². The standard InChI is InChI=1S/C12H13FINO/c13-8-4-5-9(10(14)7-8)12(15)11-3-1-2-6-16-11/h3-5,7,12H,1-2,6,15H2. The van der Waals surface area contributed by atoms with Crippen LogP contribution in [0.4, 0.5) is 4.39 Å². The van der Waals surface area contributed by atoms with Crippen LogP contribution < -0.4 is 5.73 Å². The van der Waals surface area contributed by atoms with Crippen LogP contribution in [0, 0.1) is 9.39 Å². The van der Waals surface area contributed by atoms with E-state index >= 15 is 0 Å². The molecule has 1 aliphatic heterocycles. The second-order valence-electron chi connectivity index (χ2n) is 3.74. The molecule has 0 saturated carbocycles. The van der Waals surface area contributed by atoms with Gasteiger partial charge in [0.1, 0.15) is 11.6 Å². The van der Waals surface area contributed by atoms with Crippen molar-refractivity contribution in [1.82, 2.24) is 0 Å². The summed E-state index contributed by atoms with van der Waals surface area (Å²) in [7, 11) is 0. The molecule has 0 bridgehead atoms. The lowest BCUT2D eigenvalue weighted by atomic mass is 10.0. The Balaban J connectivity index is 2.26. The van der Waals surface area contributed by atoms with Gasteiger partial charge in [-0.2, -0.15) is 0 Å². The highest BCUT2D eigenvalue weighted by atomic mass is 127. The van der Waals surface area contributed by atoms with E-state index in [9.17, 15) is 4.39 Å². The molecule has 1 aromatic carbocycles. The van der Waals surface area contributed by atoms with E-state index in [0.29, 0.717) is 0 Å². The molecule has 86 valence electrons. The minimum Gasteiger partial charge on any atom is -0.496 e. The maximum atomic E-state index is 13.0. The fourth-order valence-electron chi connectivity index (χ4n) is 1.70. The number of rotatable bonds is 2. The summed E-state index contributed by atoms with van der Waals surface area (Å²) in [6.07, 6.45) is 4.06. The molecule has 0 fully saturated rings. The quantitative estimate of drug-likeness (QED) is 0.844. The predicted octanol–water partition coefficient (Wildman–Crippen LogP) is 3.12. The van der Waals surface area contributed by atoms with Gasteiger partial charge in [0.25, 0.3) is 0 Å². The number of benzene rings is 1. The van der Waals surface area contributed by atoms with Crippen molar-refractivity contribution >= 4 is 22.6 Å². The average molecular weight is 333 g/mol. The van der Waals surface area contributed by atoms with Crippen LogP contribution in [0.15, 0.2) is 30.0 Å². The monoisotopic (exact) mass is 333 g/mol. The molecule has 0 spiro atoms. The van der Waals surface area contributed by atoms with Crippen LogP contribution in [0.1, 0.15) is 24.4 Å². The second-order valence-corrected chi connectivity index (χ2v) is 4.90. The van der Waals surface area contributed by atoms with Crippen LogP contribution in [0.5, 0.6) is 0 Å². The summed E-state index contributed by atoms with van der Waals surface area (Å²) >= 11 is 2.09. The minimum atomic E-state index is -0.284. The zero-order valence-corrected chi connectivity index (χ0v) is 10.9. The number of ether oxygens (including phenoxy) is 1. The van der Waals surface area contributed by atoms with Crippen molar-refractivity contribution in [3.05, 3.63) is 45.0 Å². The highest BCUT2D eigenvalue weighted by Crippen LogP contribution is 2.27. The Labute approximate surface area is 108 Å². The Hall–Kier alpha value is -0.620. The molecular weight excluding hydrogens is 320 g/mol. The van der Waals surface area contributed by atoms with E-state index in [2.05, 4.69) is 22.6 Å². The molecule has 1 aliphatic rings. The summed E-state index contributed by atoms with van der Waals surface area (Å²) in [5, 5.41) is 0. The van der Waals surface area contributed by atoms with E-state index in [4.69, 9.17) is 10.5 Å². The van der Waals surface area contributed by atoms with Crippen LogP contribution in [0.25, 0.3) is 0 Å². The average Bonchev–Trinajstić information content (AvgIpc) is 2.29. The van der Waals surface area contributed by atoms with E-state index in [1.165, 1.54) is 12.1 Å². The molecule has 1 atom stereocenters. The molecule has 1 heterocycles. The minimum absolute atomic E-state index is 0.237. The first-order chi connectivity index (χ1) is 7.68. The number of nitrogens with two attached hydrogens (primary N) is 1. The molecule has 0 saturated heterocycles. The molecule has 2 N–H and O–H groups in total. The third-order valence-electron chi connectivity index (χ3n) is 2.57. The molecule has 0 radical (unpaired) electrons. The maximum Gasteiger partial charge on any atom is 0.124 e. The Morgan fingerprint density at radius 3 is 2.88 bits per heavy atom. The highest BCUT2D eigenvalue weighted by molar-refractivity contribution is 14.1. The first-order valence-electron chi connectivity index (χ1n) is 5.22. The zero-order chi connectivity index (χ0) is 11.5. The van der Waals surface area contributed by atoms with Crippen molar-refractivity contribution in [1.29, 1.82) is 0 Å². The van der Waals surface area contributed by atoms with Crippen molar-refractivity contribution < 1.29 is 9.13 Å². The third kappa shape index (κ3) is 2.55. The predicted molar refractivity (Wildman–Crippen MR) is 69.3 cm³/mol. The van der Waals surface area contributed by atoms with Crippen molar-refractivity contribution in [3.63, 3.8) is 0 Å². The zero-order valence-electron chi connectivity index (χ0n) is 8.75. The summed E-state index contributed by atoms with van der Waals surface area (Å²) < 4.78 is 19.3. The van der Waals surface area contributed by atoms with Crippen LogP contribution in [-0.4, -0.2) is 6.61 Å². The number of hydrogen-bond acceptors (Lipinski definition) is 2. The summed E-state index contributed by atoms with van der Waals surface area (Å²) in [5.74, 6) is 0.565. The Kier molecular flexibility index (Phi) is 3.81. The SMILES string of the molecule is NC(C1=CCCCO1)c1ccc(F)cc1I. The van der Waals surface area contributed by atoms with Crippen molar-refractivity contribution in [3.8, 4) is 0 Å². The van der Waals surface area contributed by atoms with E-state index in [0.717, 1.165) is 34.3 Å². The molecule has 16 heavy (non-hydrogen) atoms. The van der Waals surface area contributed by atoms with Gasteiger partial charge < -0.3 is 10.5 Å². The van der Waals surface area contributed by atoms with Crippen LogP contribution >= 0.6 is 22.6 Å². The molecular formula is C12H13FINO. The van der Waals surface area contributed by atoms with E-state index in [1.807, 2.05) is 6.08 Å². The molecule has 1 unspecified atom stereocenters. The van der Waals surface area contributed by atoms with Crippen molar-refractivity contribution in [2.45, 2.75) is 18.9 Å². The Morgan fingerprint density at radius 2 is 2.25 bits per heavy atom. The number of allylic oxidation sites excluding steroid dienone is 1. The van der Waals surface area contributed by atoms with Gasteiger partial charge in [-0.3, -0.25) is 0 Å². The van der Waals surface area contributed by atoms with Crippen molar-refractivity contribution in [2.24, 2.45) is 5.73 Å². The normalized spacial score (nSPS) is 17.6. The van der Waals surface area contributed by atoms with E-state index < -0.39 is 0 Å². The topological polar surface area (TPSA) is 35.2 Å². The summed E-state index contributed by atoms with van der Waals surface area (Å²) in [4.78, 5) is 0. The molecule has 0 aromatic heterocycles. The van der Waals surface area contributed by atoms with Gasteiger partial charge in [-0.1, -0.05) is 6.07 Å². The summed E-state index contributed by atoms with van der Waals surface area (Å²) in [6, 6.07) is 4.35. The van der Waals surface area contributed by atoms with Gasteiger partial charge in [0.05, 0.1) is 12.6 Å². The van der Waals surface area contributed by atoms with E-state index in [1.54, 1.807) is 6.07 Å². The van der Waals surface area contributed by atoms with Crippen LogP contribution in [0.3, 0.4) is 0 Å². The number of hydrogen-bond donors (Lipinski definition) is 1. The Bertz CT molecular complexity index is 419. The lowest BCUT2D eigenvalue weighted by Gasteiger charge is -2.21. The van der Waals surface area contributed by atoms with Gasteiger partial charge in [-0.05, 0) is 59.2 Å². The summed E-state index contributed by atoms with van der Waals surface area (Å²) in [5.41, 5.74) is 7.01. The van der Waals surface area contributed by atoms with Gasteiger partial charge in [-0.15, -0.1) is 0 Å². The molecule has 4 heteroatoms. The third-order valence-corrected chi connectivity index (χ3v) is 3.50. The smallest absolute Gasteiger partial charge is 0.124 e. The van der Waals surface area contributed by atoms with Crippen LogP contribution in [0.2, 0.25) is 0 Å². The largest absolute Gasteiger partial charge is 0.496 e. The fraction of sp³-hybridized carbons (Fsp3) is 0.333. The lowest BCUT2D eigenvalue weighted by Crippen LogP contribution is -2.19. The molecule has 2 rings (SSSR count). The first kappa shape index (κ1) is 11.9. The van der Waals surface area contributed by atoms with Gasteiger partial charge in [0.2, 0.25) is 0 Å². The fourth-order valence-corrected chi connectivity index (χ4v) is 2.51. The number of halogens is 2. The van der Waals surface area contributed by atoms with Gasteiger partial charge >= 0.3 is 0 Å². The summed E-state index contributed by atoms with van der Waals surface area (Å²) in [6.45, 7) is 0.720. The first-order valence-corrected chi connectivity index (χ1v) is 6.30. The van der Waals surface area contributed by atoms with Crippen LogP contribution in [-0.2, 0) is 4.74 Å². The van der Waals surface area contributed by atoms with E-state index in [-0.39, 0.29) is 11.9 Å². The second kappa shape index (κ2) is 5.14. The molecule has 1 aromatic rings. The Morgan fingerprint density at radius 1 is 1.44 bits per heavy atom. The van der Waals surface area contributed by atoms with Gasteiger partial charge in [0, 0.05) is 3.57 Å². The lowest BCUT2D eigenvalue weighted by molar-refractivity contribution is 0.175. The molecule has 0 aliphatic carbocycles. The molecule has 2 nitrogen and oxygen atoms in total.